The average Bonchev–Trinajstić information content (AvgIpc) is 2.98. The fourth-order valence-corrected chi connectivity index (χ4v) is 4.27. The molecule has 0 spiro atoms. The molecule has 3 nitrogen and oxygen atoms in total. The van der Waals surface area contributed by atoms with Gasteiger partial charge in [0.2, 0.25) is 0 Å². The van der Waals surface area contributed by atoms with Crippen LogP contribution in [0, 0.1) is 10.8 Å². The molecule has 1 saturated carbocycles. The lowest BCUT2D eigenvalue weighted by Crippen LogP contribution is -2.41. The standard InChI is InChI=1S/C20H18O3/c1-14-9-19(12-21)13-23-18(22)20(19,10-14)11-15-6-7-16-4-2-3-5-17(16)8-15/h2-8,12H,1,9-11,13H2/t19-,20-/m1/s1. The molecule has 4 rings (SSSR count). The summed E-state index contributed by atoms with van der Waals surface area (Å²) in [5.41, 5.74) is 0.499. The van der Waals surface area contributed by atoms with Crippen molar-refractivity contribution in [2.75, 3.05) is 6.61 Å². The third-order valence-electron chi connectivity index (χ3n) is 5.47. The van der Waals surface area contributed by atoms with Crippen molar-refractivity contribution in [3.8, 4) is 0 Å². The molecule has 1 heterocycles. The SMILES string of the molecule is C=C1C[C@@]2(C=O)COC(=O)[C@]2(Cc2ccc3ccccc3c2)C1. The molecule has 0 unspecified atom stereocenters. The zero-order valence-electron chi connectivity index (χ0n) is 12.9. The van der Waals surface area contributed by atoms with Gasteiger partial charge in [0.25, 0.3) is 0 Å². The Morgan fingerprint density at radius 2 is 1.91 bits per heavy atom. The minimum Gasteiger partial charge on any atom is -0.464 e. The minimum atomic E-state index is -0.783. The number of fused-ring (bicyclic) bond motifs is 2. The summed E-state index contributed by atoms with van der Waals surface area (Å²) in [7, 11) is 0. The molecule has 2 aliphatic rings. The van der Waals surface area contributed by atoms with Gasteiger partial charge in [-0.15, -0.1) is 0 Å². The maximum Gasteiger partial charge on any atom is 0.313 e. The highest BCUT2D eigenvalue weighted by molar-refractivity contribution is 5.89. The molecule has 2 aromatic carbocycles. The normalized spacial score (nSPS) is 29.6. The molecule has 0 aromatic heterocycles. The Morgan fingerprint density at radius 3 is 2.70 bits per heavy atom. The summed E-state index contributed by atoms with van der Waals surface area (Å²) >= 11 is 0. The van der Waals surface area contributed by atoms with Crippen LogP contribution in [0.15, 0.2) is 54.6 Å². The van der Waals surface area contributed by atoms with Crippen LogP contribution in [0.2, 0.25) is 0 Å². The van der Waals surface area contributed by atoms with Crippen LogP contribution in [0.5, 0.6) is 0 Å². The predicted molar refractivity (Wildman–Crippen MR) is 87.9 cm³/mol. The van der Waals surface area contributed by atoms with Crippen LogP contribution in [-0.2, 0) is 20.7 Å². The molecule has 116 valence electrons. The number of esters is 1. The van der Waals surface area contributed by atoms with E-state index in [9.17, 15) is 9.59 Å². The van der Waals surface area contributed by atoms with E-state index in [1.165, 1.54) is 5.39 Å². The van der Waals surface area contributed by atoms with Crippen molar-refractivity contribution >= 4 is 23.0 Å². The first-order valence-electron chi connectivity index (χ1n) is 7.87. The van der Waals surface area contributed by atoms with Gasteiger partial charge < -0.3 is 9.53 Å². The first-order chi connectivity index (χ1) is 11.1. The monoisotopic (exact) mass is 306 g/mol. The van der Waals surface area contributed by atoms with Gasteiger partial charge in [-0.1, -0.05) is 54.6 Å². The fourth-order valence-electron chi connectivity index (χ4n) is 4.27. The van der Waals surface area contributed by atoms with Gasteiger partial charge in [0.15, 0.2) is 0 Å². The summed E-state index contributed by atoms with van der Waals surface area (Å²) in [6.07, 6.45) is 2.54. The van der Waals surface area contributed by atoms with Gasteiger partial charge in [-0.05, 0) is 35.6 Å². The summed E-state index contributed by atoms with van der Waals surface area (Å²) in [5, 5.41) is 2.31. The topological polar surface area (TPSA) is 43.4 Å². The van der Waals surface area contributed by atoms with Crippen molar-refractivity contribution in [1.29, 1.82) is 0 Å². The van der Waals surface area contributed by atoms with E-state index in [1.54, 1.807) is 0 Å². The van der Waals surface area contributed by atoms with E-state index in [0.717, 1.165) is 22.8 Å². The Balaban J connectivity index is 1.79. The Labute approximate surface area is 134 Å². The van der Waals surface area contributed by atoms with Crippen LogP contribution in [0.3, 0.4) is 0 Å². The van der Waals surface area contributed by atoms with Crippen molar-refractivity contribution in [3.05, 3.63) is 60.2 Å². The number of hydrogen-bond acceptors (Lipinski definition) is 3. The molecule has 1 aliphatic carbocycles. The van der Waals surface area contributed by atoms with Crippen molar-refractivity contribution < 1.29 is 14.3 Å². The van der Waals surface area contributed by atoms with Crippen LogP contribution in [0.4, 0.5) is 0 Å². The van der Waals surface area contributed by atoms with E-state index in [4.69, 9.17) is 4.74 Å². The maximum absolute atomic E-state index is 12.5. The van der Waals surface area contributed by atoms with Crippen LogP contribution in [0.25, 0.3) is 10.8 Å². The molecule has 2 fully saturated rings. The number of benzene rings is 2. The number of carbonyl (C=O) groups excluding carboxylic acids is 2. The van der Waals surface area contributed by atoms with E-state index < -0.39 is 10.8 Å². The van der Waals surface area contributed by atoms with Gasteiger partial charge in [-0.3, -0.25) is 4.79 Å². The van der Waals surface area contributed by atoms with Crippen LogP contribution in [0.1, 0.15) is 18.4 Å². The average molecular weight is 306 g/mol. The molecule has 1 aliphatic heterocycles. The molecule has 3 heteroatoms. The van der Waals surface area contributed by atoms with Crippen LogP contribution < -0.4 is 0 Å². The molecule has 2 atom stereocenters. The number of rotatable bonds is 3. The van der Waals surface area contributed by atoms with Gasteiger partial charge in [0, 0.05) is 0 Å². The third-order valence-corrected chi connectivity index (χ3v) is 5.47. The summed E-state index contributed by atoms with van der Waals surface area (Å²) < 4.78 is 5.31. The molecule has 0 radical (unpaired) electrons. The predicted octanol–water partition coefficient (Wildman–Crippen LogP) is 3.46. The lowest BCUT2D eigenvalue weighted by Gasteiger charge is -2.31. The quantitative estimate of drug-likeness (QED) is 0.495. The first kappa shape index (κ1) is 14.2. The Hall–Kier alpha value is -2.42. The summed E-state index contributed by atoms with van der Waals surface area (Å²) in [6.45, 7) is 4.22. The summed E-state index contributed by atoms with van der Waals surface area (Å²) in [5.74, 6) is -0.253. The number of carbonyl (C=O) groups is 2. The van der Waals surface area contributed by atoms with Crippen molar-refractivity contribution in [2.45, 2.75) is 19.3 Å². The number of hydrogen-bond donors (Lipinski definition) is 0. The highest BCUT2D eigenvalue weighted by atomic mass is 16.5. The second kappa shape index (κ2) is 4.79. The smallest absolute Gasteiger partial charge is 0.313 e. The lowest BCUT2D eigenvalue weighted by molar-refractivity contribution is -0.147. The number of aldehydes is 1. The van der Waals surface area contributed by atoms with E-state index in [1.807, 2.05) is 18.2 Å². The Kier molecular flexibility index (Phi) is 2.95. The van der Waals surface area contributed by atoms with E-state index in [-0.39, 0.29) is 12.6 Å². The molecule has 1 saturated heterocycles. The lowest BCUT2D eigenvalue weighted by atomic mass is 9.65. The van der Waals surface area contributed by atoms with Gasteiger partial charge in [-0.2, -0.15) is 0 Å². The molecular formula is C20H18O3. The van der Waals surface area contributed by atoms with E-state index in [2.05, 4.69) is 30.8 Å². The molecule has 0 amide bonds. The minimum absolute atomic E-state index is 0.182. The summed E-state index contributed by atoms with van der Waals surface area (Å²) in [6, 6.07) is 14.3. The maximum atomic E-state index is 12.5. The van der Waals surface area contributed by atoms with Crippen LogP contribution >= 0.6 is 0 Å². The van der Waals surface area contributed by atoms with Crippen molar-refractivity contribution in [1.82, 2.24) is 0 Å². The van der Waals surface area contributed by atoms with E-state index >= 15 is 0 Å². The number of allylic oxidation sites excluding steroid dienone is 1. The third kappa shape index (κ3) is 1.89. The zero-order chi connectivity index (χ0) is 16.1. The van der Waals surface area contributed by atoms with Gasteiger partial charge in [0.1, 0.15) is 12.9 Å². The number of cyclic esters (lactones) is 1. The molecule has 0 N–H and O–H groups in total. The van der Waals surface area contributed by atoms with Crippen molar-refractivity contribution in [2.24, 2.45) is 10.8 Å². The Bertz CT molecular complexity index is 838. The Morgan fingerprint density at radius 1 is 1.13 bits per heavy atom. The second-order valence-corrected chi connectivity index (χ2v) is 6.89. The highest BCUT2D eigenvalue weighted by Gasteiger charge is 2.66. The molecule has 0 bridgehead atoms. The highest BCUT2D eigenvalue weighted by Crippen LogP contribution is 2.59. The number of ether oxygens (including phenoxy) is 1. The zero-order valence-corrected chi connectivity index (χ0v) is 12.9. The fraction of sp³-hybridized carbons (Fsp3) is 0.300. The van der Waals surface area contributed by atoms with Gasteiger partial charge in [-0.25, -0.2) is 0 Å². The molecular weight excluding hydrogens is 288 g/mol. The van der Waals surface area contributed by atoms with E-state index in [0.29, 0.717) is 19.3 Å². The van der Waals surface area contributed by atoms with Crippen molar-refractivity contribution in [3.63, 3.8) is 0 Å². The van der Waals surface area contributed by atoms with Gasteiger partial charge >= 0.3 is 5.97 Å². The second-order valence-electron chi connectivity index (χ2n) is 6.89. The van der Waals surface area contributed by atoms with Gasteiger partial charge in [0.05, 0.1) is 10.8 Å². The summed E-state index contributed by atoms with van der Waals surface area (Å²) in [4.78, 5) is 24.4. The molecule has 23 heavy (non-hydrogen) atoms. The largest absolute Gasteiger partial charge is 0.464 e. The first-order valence-corrected chi connectivity index (χ1v) is 7.87. The molecule has 2 aromatic rings. The van der Waals surface area contributed by atoms with Crippen LogP contribution in [-0.4, -0.2) is 18.9 Å².